The summed E-state index contributed by atoms with van der Waals surface area (Å²) >= 11 is 0. The topological polar surface area (TPSA) is 78.9 Å². The van der Waals surface area contributed by atoms with E-state index in [-0.39, 0.29) is 36.2 Å². The molecule has 0 amide bonds. The zero-order chi connectivity index (χ0) is 29.5. The first kappa shape index (κ1) is 28.7. The zero-order valence-corrected chi connectivity index (χ0v) is 26.1. The van der Waals surface area contributed by atoms with Crippen LogP contribution in [0.1, 0.15) is 106 Å². The number of allylic oxidation sites excluding steroid dienone is 3. The van der Waals surface area contributed by atoms with Crippen molar-refractivity contribution in [2.75, 3.05) is 6.61 Å². The van der Waals surface area contributed by atoms with Crippen LogP contribution in [0.5, 0.6) is 0 Å². The number of esters is 3. The lowest BCUT2D eigenvalue weighted by atomic mass is 9.39. The standard InChI is InChI=1S/C35H48O6/c1-8-39-30(37)28-29-31(38)41-27-19-32(6)24(21(4)11-9-10-20(2)3)12-13-25(32)26-15-17-34(28)18-23(40-22(5)36)14-16-33(34,7)35(26,27)29/h13,15,20-21,23-24,27H,8-12,14,16-19H2,1-7H3/t21-,23+,24-,27-,32-,33+,34+,35-/m1/s1. The second-order valence-electron chi connectivity index (χ2n) is 14.8. The molecule has 2 bridgehead atoms. The number of carbonyl (C=O) groups excluding carboxylic acids is 3. The van der Waals surface area contributed by atoms with Crippen molar-refractivity contribution in [1.82, 2.24) is 0 Å². The molecule has 6 nitrogen and oxygen atoms in total. The van der Waals surface area contributed by atoms with E-state index >= 15 is 0 Å². The first-order valence-corrected chi connectivity index (χ1v) is 16.1. The number of ether oxygens (including phenoxy) is 3. The lowest BCUT2D eigenvalue weighted by Gasteiger charge is -2.64. The van der Waals surface area contributed by atoms with Crippen molar-refractivity contribution in [3.63, 3.8) is 0 Å². The molecule has 0 aromatic heterocycles. The van der Waals surface area contributed by atoms with Gasteiger partial charge < -0.3 is 14.2 Å². The Morgan fingerprint density at radius 1 is 1.10 bits per heavy atom. The average molecular weight is 565 g/mol. The highest BCUT2D eigenvalue weighted by atomic mass is 16.6. The largest absolute Gasteiger partial charge is 0.463 e. The summed E-state index contributed by atoms with van der Waals surface area (Å²) in [6.45, 7) is 15.2. The molecule has 3 fully saturated rings. The van der Waals surface area contributed by atoms with Crippen LogP contribution in [0.25, 0.3) is 0 Å². The van der Waals surface area contributed by atoms with Crippen molar-refractivity contribution >= 4 is 17.9 Å². The second-order valence-corrected chi connectivity index (χ2v) is 14.8. The summed E-state index contributed by atoms with van der Waals surface area (Å²) in [5, 5.41) is 0. The number of hydrogen-bond donors (Lipinski definition) is 0. The monoisotopic (exact) mass is 564 g/mol. The predicted molar refractivity (Wildman–Crippen MR) is 155 cm³/mol. The number of rotatable bonds is 8. The summed E-state index contributed by atoms with van der Waals surface area (Å²) in [5.41, 5.74) is 1.86. The maximum Gasteiger partial charge on any atom is 0.335 e. The molecule has 2 saturated carbocycles. The third kappa shape index (κ3) is 3.57. The van der Waals surface area contributed by atoms with E-state index in [9.17, 15) is 14.4 Å². The molecule has 6 rings (SSSR count). The summed E-state index contributed by atoms with van der Waals surface area (Å²) in [6.07, 6.45) is 12.4. The molecule has 1 heterocycles. The molecule has 0 radical (unpaired) electrons. The van der Waals surface area contributed by atoms with Crippen molar-refractivity contribution in [3.8, 4) is 0 Å². The van der Waals surface area contributed by atoms with Crippen LogP contribution < -0.4 is 0 Å². The van der Waals surface area contributed by atoms with Gasteiger partial charge in [-0.15, -0.1) is 0 Å². The Morgan fingerprint density at radius 3 is 2.54 bits per heavy atom. The fourth-order valence-corrected chi connectivity index (χ4v) is 10.8. The summed E-state index contributed by atoms with van der Waals surface area (Å²) in [5.74, 6) is 0.722. The van der Waals surface area contributed by atoms with Crippen LogP contribution in [0.4, 0.5) is 0 Å². The van der Waals surface area contributed by atoms with Gasteiger partial charge in [0.1, 0.15) is 12.2 Å². The van der Waals surface area contributed by atoms with Crippen molar-refractivity contribution in [1.29, 1.82) is 0 Å². The van der Waals surface area contributed by atoms with Gasteiger partial charge in [0, 0.05) is 12.3 Å². The molecule has 1 saturated heterocycles. The molecule has 224 valence electrons. The first-order valence-electron chi connectivity index (χ1n) is 16.1. The van der Waals surface area contributed by atoms with E-state index in [1.807, 2.05) is 0 Å². The minimum Gasteiger partial charge on any atom is -0.463 e. The number of fused-ring (bicyclic) bond motifs is 2. The molecule has 0 unspecified atom stereocenters. The SMILES string of the molecule is CCOC(=O)C1=C2C(=O)O[C@@H]3C[C@@]4(C)C(=CC[C@@H]4[C@H](C)CCCC(C)C)C4=CC[C@]15C[C@@H](OC(C)=O)CC[C@]5(C)[C@@]423. The Balaban J connectivity index is 1.47. The van der Waals surface area contributed by atoms with Gasteiger partial charge in [-0.3, -0.25) is 4.79 Å². The molecule has 41 heavy (non-hydrogen) atoms. The Morgan fingerprint density at radius 2 is 1.85 bits per heavy atom. The average Bonchev–Trinajstić information content (AvgIpc) is 3.39. The van der Waals surface area contributed by atoms with Gasteiger partial charge in [0.15, 0.2) is 0 Å². The number of carbonyl (C=O) groups is 3. The minimum absolute atomic E-state index is 0.0767. The van der Waals surface area contributed by atoms with Crippen LogP contribution in [-0.4, -0.2) is 36.7 Å². The van der Waals surface area contributed by atoms with E-state index in [1.165, 1.54) is 37.3 Å². The van der Waals surface area contributed by atoms with E-state index in [0.717, 1.165) is 19.3 Å². The van der Waals surface area contributed by atoms with Gasteiger partial charge in [-0.25, -0.2) is 9.59 Å². The summed E-state index contributed by atoms with van der Waals surface area (Å²) in [7, 11) is 0. The Kier molecular flexibility index (Phi) is 6.71. The van der Waals surface area contributed by atoms with E-state index in [1.54, 1.807) is 6.92 Å². The molecule has 0 aromatic rings. The van der Waals surface area contributed by atoms with Gasteiger partial charge in [0.2, 0.25) is 0 Å². The molecule has 6 heteroatoms. The Labute approximate surface area is 245 Å². The van der Waals surface area contributed by atoms with Crippen LogP contribution in [0.2, 0.25) is 0 Å². The highest BCUT2D eigenvalue weighted by molar-refractivity contribution is 6.07. The zero-order valence-electron chi connectivity index (χ0n) is 26.1. The van der Waals surface area contributed by atoms with E-state index < -0.39 is 22.2 Å². The molecule has 1 spiro atoms. The summed E-state index contributed by atoms with van der Waals surface area (Å²) in [6, 6.07) is 0. The lowest BCUT2D eigenvalue weighted by molar-refractivity contribution is -0.168. The molecule has 0 aromatic carbocycles. The van der Waals surface area contributed by atoms with Crippen LogP contribution in [0.15, 0.2) is 34.4 Å². The third-order valence-corrected chi connectivity index (χ3v) is 12.5. The van der Waals surface area contributed by atoms with Crippen molar-refractivity contribution in [3.05, 3.63) is 34.4 Å². The molecule has 0 N–H and O–H groups in total. The molecular formula is C35H48O6. The van der Waals surface area contributed by atoms with Gasteiger partial charge in [0.05, 0.1) is 23.2 Å². The highest BCUT2D eigenvalue weighted by Crippen LogP contribution is 2.83. The third-order valence-electron chi connectivity index (χ3n) is 12.5. The van der Waals surface area contributed by atoms with Crippen molar-refractivity contribution in [2.24, 2.45) is 39.4 Å². The quantitative estimate of drug-likeness (QED) is 0.233. The second kappa shape index (κ2) is 9.57. The summed E-state index contributed by atoms with van der Waals surface area (Å²) in [4.78, 5) is 39.9. The van der Waals surface area contributed by atoms with Crippen molar-refractivity contribution < 1.29 is 28.6 Å². The molecule has 6 aliphatic rings. The maximum absolute atomic E-state index is 14.0. The van der Waals surface area contributed by atoms with Gasteiger partial charge in [-0.1, -0.05) is 66.0 Å². The van der Waals surface area contributed by atoms with Crippen LogP contribution in [-0.2, 0) is 28.6 Å². The predicted octanol–water partition coefficient (Wildman–Crippen LogP) is 7.03. The van der Waals surface area contributed by atoms with Crippen LogP contribution >= 0.6 is 0 Å². The first-order chi connectivity index (χ1) is 19.4. The van der Waals surface area contributed by atoms with E-state index in [0.29, 0.717) is 48.2 Å². The Bertz CT molecular complexity index is 1270. The normalized spacial score (nSPS) is 40.8. The van der Waals surface area contributed by atoms with Gasteiger partial charge >= 0.3 is 17.9 Å². The number of hydrogen-bond acceptors (Lipinski definition) is 6. The van der Waals surface area contributed by atoms with Gasteiger partial charge in [0.25, 0.3) is 0 Å². The van der Waals surface area contributed by atoms with E-state index in [2.05, 4.69) is 46.8 Å². The molecule has 1 aliphatic heterocycles. The fraction of sp³-hybridized carbons (Fsp3) is 0.743. The Hall–Kier alpha value is -2.37. The van der Waals surface area contributed by atoms with Crippen molar-refractivity contribution in [2.45, 2.75) is 118 Å². The smallest absolute Gasteiger partial charge is 0.335 e. The van der Waals surface area contributed by atoms with Crippen LogP contribution in [0, 0.1) is 39.4 Å². The lowest BCUT2D eigenvalue weighted by Crippen LogP contribution is -2.61. The van der Waals surface area contributed by atoms with Gasteiger partial charge in [-0.2, -0.15) is 0 Å². The van der Waals surface area contributed by atoms with Crippen LogP contribution in [0.3, 0.4) is 0 Å². The fourth-order valence-electron chi connectivity index (χ4n) is 10.8. The van der Waals surface area contributed by atoms with Gasteiger partial charge in [-0.05, 0) is 85.2 Å². The minimum atomic E-state index is -0.674. The maximum atomic E-state index is 14.0. The highest BCUT2D eigenvalue weighted by Gasteiger charge is 2.82. The molecule has 5 aliphatic carbocycles. The summed E-state index contributed by atoms with van der Waals surface area (Å²) < 4.78 is 17.8. The van der Waals surface area contributed by atoms with E-state index in [4.69, 9.17) is 14.2 Å². The molecule has 8 atom stereocenters. The molecular weight excluding hydrogens is 516 g/mol.